The molecule has 1 aromatic carbocycles. The van der Waals surface area contributed by atoms with Crippen LogP contribution >= 0.6 is 24.0 Å². The van der Waals surface area contributed by atoms with Gasteiger partial charge in [0.2, 0.25) is 11.8 Å². The van der Waals surface area contributed by atoms with Gasteiger partial charge in [-0.05, 0) is 49.4 Å². The summed E-state index contributed by atoms with van der Waals surface area (Å²) in [6.45, 7) is 2.08. The van der Waals surface area contributed by atoms with Gasteiger partial charge in [-0.25, -0.2) is 0 Å². The number of nitrogens with one attached hydrogen (secondary N) is 1. The first-order valence-electron chi connectivity index (χ1n) is 8.38. The van der Waals surface area contributed by atoms with E-state index in [-0.39, 0.29) is 23.7 Å². The molecule has 2 amide bonds. The molecule has 2 rings (SSSR count). The first kappa shape index (κ1) is 21.7. The van der Waals surface area contributed by atoms with Crippen molar-refractivity contribution in [1.29, 1.82) is 0 Å². The smallest absolute Gasteiger partial charge is 0.247 e. The maximum Gasteiger partial charge on any atom is 0.247 e. The lowest BCUT2D eigenvalue weighted by atomic mass is 9.71. The van der Waals surface area contributed by atoms with Crippen molar-refractivity contribution < 1.29 is 9.59 Å². The van der Waals surface area contributed by atoms with Crippen molar-refractivity contribution in [2.45, 2.75) is 51.0 Å². The van der Waals surface area contributed by atoms with Crippen LogP contribution in [-0.2, 0) is 15.1 Å². The number of hydrogen-bond acceptors (Lipinski definition) is 3. The Morgan fingerprint density at radius 2 is 1.92 bits per heavy atom. The average Bonchev–Trinajstić information content (AvgIpc) is 2.55. The van der Waals surface area contributed by atoms with Crippen LogP contribution in [0.4, 0.5) is 0 Å². The molecule has 1 atom stereocenters. The zero-order chi connectivity index (χ0) is 17.8. The van der Waals surface area contributed by atoms with Crippen LogP contribution in [0.2, 0.25) is 5.02 Å². The third-order valence-electron chi connectivity index (χ3n) is 5.17. The maximum absolute atomic E-state index is 12.6. The second-order valence-corrected chi connectivity index (χ2v) is 7.43. The van der Waals surface area contributed by atoms with Crippen molar-refractivity contribution in [1.82, 2.24) is 5.32 Å². The van der Waals surface area contributed by atoms with Gasteiger partial charge in [0.25, 0.3) is 0 Å². The third-order valence-corrected chi connectivity index (χ3v) is 5.40. The van der Waals surface area contributed by atoms with Gasteiger partial charge in [-0.3, -0.25) is 9.59 Å². The zero-order valence-corrected chi connectivity index (χ0v) is 16.1. The normalized spacial score (nSPS) is 18.5. The van der Waals surface area contributed by atoms with Crippen molar-refractivity contribution in [2.75, 3.05) is 6.54 Å². The van der Waals surface area contributed by atoms with Gasteiger partial charge in [0.15, 0.2) is 0 Å². The first-order chi connectivity index (χ1) is 11.3. The number of carbonyl (C=O) groups is 2. The predicted octanol–water partition coefficient (Wildman–Crippen LogP) is 2.88. The van der Waals surface area contributed by atoms with Crippen LogP contribution in [-0.4, -0.2) is 18.4 Å². The molecule has 0 saturated heterocycles. The summed E-state index contributed by atoms with van der Waals surface area (Å²) in [5.41, 5.74) is 10.6. The van der Waals surface area contributed by atoms with Crippen LogP contribution in [0.25, 0.3) is 0 Å². The summed E-state index contributed by atoms with van der Waals surface area (Å²) >= 11 is 6.01. The Hall–Kier alpha value is -1.30. The monoisotopic (exact) mass is 387 g/mol. The Morgan fingerprint density at radius 1 is 1.28 bits per heavy atom. The number of nitrogens with two attached hydrogens (primary N) is 2. The second kappa shape index (κ2) is 8.88. The minimum absolute atomic E-state index is 0. The van der Waals surface area contributed by atoms with E-state index in [1.165, 1.54) is 6.42 Å². The van der Waals surface area contributed by atoms with Crippen LogP contribution in [0.3, 0.4) is 0 Å². The average molecular weight is 388 g/mol. The Morgan fingerprint density at radius 3 is 2.44 bits per heavy atom. The molecule has 5 nitrogen and oxygen atoms in total. The minimum Gasteiger partial charge on any atom is -0.367 e. The minimum atomic E-state index is -1.30. The van der Waals surface area contributed by atoms with Gasteiger partial charge in [-0.2, -0.15) is 0 Å². The Bertz CT molecular complexity index is 618. The van der Waals surface area contributed by atoms with Crippen LogP contribution in [0, 0.1) is 5.41 Å². The van der Waals surface area contributed by atoms with Gasteiger partial charge in [0.05, 0.1) is 0 Å². The van der Waals surface area contributed by atoms with Gasteiger partial charge in [-0.15, -0.1) is 12.4 Å². The third kappa shape index (κ3) is 5.09. The van der Waals surface area contributed by atoms with Gasteiger partial charge >= 0.3 is 0 Å². The van der Waals surface area contributed by atoms with Crippen LogP contribution < -0.4 is 16.8 Å². The van der Waals surface area contributed by atoms with Crippen molar-refractivity contribution in [3.05, 3.63) is 34.9 Å². The van der Waals surface area contributed by atoms with E-state index in [0.29, 0.717) is 23.6 Å². The molecule has 0 aliphatic heterocycles. The molecule has 1 saturated carbocycles. The van der Waals surface area contributed by atoms with Gasteiger partial charge < -0.3 is 16.8 Å². The second-order valence-electron chi connectivity index (χ2n) is 6.99. The fraction of sp³-hybridized carbons (Fsp3) is 0.556. The van der Waals surface area contributed by atoms with Gasteiger partial charge in [0, 0.05) is 11.4 Å². The number of carbonyl (C=O) groups excluding carboxylic acids is 2. The quantitative estimate of drug-likeness (QED) is 0.699. The van der Waals surface area contributed by atoms with E-state index in [1.807, 2.05) is 0 Å². The Kier molecular flexibility index (Phi) is 7.72. The van der Waals surface area contributed by atoms with Gasteiger partial charge in [0.1, 0.15) is 5.54 Å². The molecule has 1 aliphatic carbocycles. The lowest BCUT2D eigenvalue weighted by Gasteiger charge is -2.37. The molecule has 1 fully saturated rings. The number of benzene rings is 1. The fourth-order valence-electron chi connectivity index (χ4n) is 3.49. The number of amides is 2. The molecule has 5 N–H and O–H groups in total. The van der Waals surface area contributed by atoms with Crippen LogP contribution in [0.15, 0.2) is 24.3 Å². The molecular weight excluding hydrogens is 361 g/mol. The Labute approximate surface area is 160 Å². The largest absolute Gasteiger partial charge is 0.367 e. The summed E-state index contributed by atoms with van der Waals surface area (Å²) in [6.07, 6.45) is 5.57. The lowest BCUT2D eigenvalue weighted by Crippen LogP contribution is -2.54. The van der Waals surface area contributed by atoms with E-state index in [1.54, 1.807) is 31.2 Å². The first-order valence-corrected chi connectivity index (χ1v) is 8.76. The molecule has 0 heterocycles. The van der Waals surface area contributed by atoms with Crippen molar-refractivity contribution in [3.63, 3.8) is 0 Å². The summed E-state index contributed by atoms with van der Waals surface area (Å²) < 4.78 is 0. The highest BCUT2D eigenvalue weighted by molar-refractivity contribution is 6.30. The highest BCUT2D eigenvalue weighted by atomic mass is 35.5. The van der Waals surface area contributed by atoms with Crippen LogP contribution in [0.5, 0.6) is 0 Å². The summed E-state index contributed by atoms with van der Waals surface area (Å²) in [4.78, 5) is 24.7. The molecule has 0 bridgehead atoms. The molecule has 1 aromatic rings. The molecule has 1 unspecified atom stereocenters. The van der Waals surface area contributed by atoms with Gasteiger partial charge in [-0.1, -0.05) is 43.0 Å². The van der Waals surface area contributed by atoms with E-state index in [9.17, 15) is 9.59 Å². The topological polar surface area (TPSA) is 98.2 Å². The summed E-state index contributed by atoms with van der Waals surface area (Å²) in [6, 6.07) is 6.81. The summed E-state index contributed by atoms with van der Waals surface area (Å²) in [5, 5.41) is 3.30. The van der Waals surface area contributed by atoms with E-state index in [0.717, 1.165) is 25.7 Å². The van der Waals surface area contributed by atoms with E-state index >= 15 is 0 Å². The van der Waals surface area contributed by atoms with E-state index in [2.05, 4.69) is 5.32 Å². The Balaban J connectivity index is 0.00000312. The SMILES string of the molecule is CC(NC(=O)CC1(CN)CCCCC1)(C(N)=O)c1cccc(Cl)c1.Cl. The van der Waals surface area contributed by atoms with Crippen molar-refractivity contribution in [2.24, 2.45) is 16.9 Å². The van der Waals surface area contributed by atoms with Crippen molar-refractivity contribution >= 4 is 35.8 Å². The fourth-order valence-corrected chi connectivity index (χ4v) is 3.68. The molecule has 1 aliphatic rings. The lowest BCUT2D eigenvalue weighted by molar-refractivity contribution is -0.133. The highest BCUT2D eigenvalue weighted by Crippen LogP contribution is 2.38. The predicted molar refractivity (Wildman–Crippen MR) is 103 cm³/mol. The summed E-state index contributed by atoms with van der Waals surface area (Å²) in [7, 11) is 0. The molecule has 0 spiro atoms. The molecule has 0 aromatic heterocycles. The molecular formula is C18H27Cl2N3O2. The number of primary amides is 1. The standard InChI is InChI=1S/C18H26ClN3O2.ClH/c1-17(16(21)24,13-6-5-7-14(19)10-13)22-15(23)11-18(12-20)8-3-2-4-9-18;/h5-7,10H,2-4,8-9,11-12,20H2,1H3,(H2,21,24)(H,22,23);1H. The van der Waals surface area contributed by atoms with E-state index < -0.39 is 11.4 Å². The highest BCUT2D eigenvalue weighted by Gasteiger charge is 2.38. The maximum atomic E-state index is 12.6. The molecule has 0 radical (unpaired) electrons. The number of halogens is 2. The number of hydrogen-bond donors (Lipinski definition) is 3. The van der Waals surface area contributed by atoms with Crippen molar-refractivity contribution in [3.8, 4) is 0 Å². The zero-order valence-electron chi connectivity index (χ0n) is 14.5. The number of rotatable bonds is 6. The summed E-state index contributed by atoms with van der Waals surface area (Å²) in [5.74, 6) is -0.827. The van der Waals surface area contributed by atoms with E-state index in [4.69, 9.17) is 23.1 Å². The van der Waals surface area contributed by atoms with Crippen LogP contribution in [0.1, 0.15) is 51.0 Å². The molecule has 7 heteroatoms. The molecule has 140 valence electrons. The molecule has 25 heavy (non-hydrogen) atoms.